The second-order valence-electron chi connectivity index (χ2n) is 6.27. The summed E-state index contributed by atoms with van der Waals surface area (Å²) < 4.78 is 42.5. The first-order valence-corrected chi connectivity index (χ1v) is 11.3. The van der Waals surface area contributed by atoms with E-state index in [-0.39, 0.29) is 27.9 Å². The Hall–Kier alpha value is -2.53. The number of ether oxygens (including phenoxy) is 3. The minimum absolute atomic E-state index is 0.0432. The van der Waals surface area contributed by atoms with Gasteiger partial charge in [0.15, 0.2) is 18.1 Å². The molecule has 0 saturated carbocycles. The van der Waals surface area contributed by atoms with Crippen molar-refractivity contribution in [1.29, 1.82) is 0 Å². The lowest BCUT2D eigenvalue weighted by Crippen LogP contribution is -2.28. The SMILES string of the molecule is O=C(COC(=O)CCNS(=O)(=O)c1c(Cl)cccc1Cl)Nc1ccc2c(c1)OCCO2. The van der Waals surface area contributed by atoms with E-state index in [4.69, 9.17) is 37.4 Å². The number of hydrogen-bond acceptors (Lipinski definition) is 7. The Morgan fingerprint density at radius 1 is 1.03 bits per heavy atom. The van der Waals surface area contributed by atoms with Crippen LogP contribution in [0.3, 0.4) is 0 Å². The van der Waals surface area contributed by atoms with E-state index in [1.807, 2.05) is 0 Å². The van der Waals surface area contributed by atoms with Gasteiger partial charge in [-0.3, -0.25) is 9.59 Å². The third-order valence-electron chi connectivity index (χ3n) is 4.00. The highest BCUT2D eigenvalue weighted by molar-refractivity contribution is 7.89. The van der Waals surface area contributed by atoms with E-state index >= 15 is 0 Å². The highest BCUT2D eigenvalue weighted by Crippen LogP contribution is 2.32. The Morgan fingerprint density at radius 3 is 2.42 bits per heavy atom. The van der Waals surface area contributed by atoms with Crippen LogP contribution in [0.5, 0.6) is 11.5 Å². The molecule has 9 nitrogen and oxygen atoms in total. The average Bonchev–Trinajstić information content (AvgIpc) is 2.72. The first-order valence-electron chi connectivity index (χ1n) is 9.05. The third-order valence-corrected chi connectivity index (χ3v) is 6.41. The molecule has 12 heteroatoms. The normalized spacial score (nSPS) is 12.8. The molecular weight excluding hydrogens is 471 g/mol. The fourth-order valence-corrected chi connectivity index (χ4v) is 4.81. The van der Waals surface area contributed by atoms with Crippen molar-refractivity contribution in [2.24, 2.45) is 0 Å². The number of rotatable bonds is 8. The largest absolute Gasteiger partial charge is 0.486 e. The van der Waals surface area contributed by atoms with Crippen molar-refractivity contribution in [3.63, 3.8) is 0 Å². The topological polar surface area (TPSA) is 120 Å². The number of benzene rings is 2. The predicted molar refractivity (Wildman–Crippen MR) is 113 cm³/mol. The molecule has 0 radical (unpaired) electrons. The number of esters is 1. The van der Waals surface area contributed by atoms with E-state index in [0.717, 1.165) is 0 Å². The van der Waals surface area contributed by atoms with E-state index in [1.54, 1.807) is 18.2 Å². The number of anilines is 1. The number of hydrogen-bond donors (Lipinski definition) is 2. The van der Waals surface area contributed by atoms with Gasteiger partial charge in [0.2, 0.25) is 10.0 Å². The van der Waals surface area contributed by atoms with E-state index in [0.29, 0.717) is 30.4 Å². The molecule has 0 spiro atoms. The van der Waals surface area contributed by atoms with Crippen LogP contribution in [0, 0.1) is 0 Å². The average molecular weight is 489 g/mol. The summed E-state index contributed by atoms with van der Waals surface area (Å²) in [5.41, 5.74) is 0.453. The van der Waals surface area contributed by atoms with Gasteiger partial charge in [-0.15, -0.1) is 0 Å². The van der Waals surface area contributed by atoms with Gasteiger partial charge < -0.3 is 19.5 Å². The molecule has 0 bridgehead atoms. The second kappa shape index (κ2) is 10.2. The number of carbonyl (C=O) groups is 2. The van der Waals surface area contributed by atoms with Gasteiger partial charge in [-0.1, -0.05) is 29.3 Å². The molecule has 1 aliphatic rings. The minimum Gasteiger partial charge on any atom is -0.486 e. The minimum atomic E-state index is -4.02. The second-order valence-corrected chi connectivity index (χ2v) is 8.78. The molecule has 31 heavy (non-hydrogen) atoms. The maximum Gasteiger partial charge on any atom is 0.307 e. The van der Waals surface area contributed by atoms with Crippen LogP contribution in [0.15, 0.2) is 41.3 Å². The van der Waals surface area contributed by atoms with Crippen molar-refractivity contribution in [3.05, 3.63) is 46.4 Å². The molecule has 2 N–H and O–H groups in total. The standard InChI is InChI=1S/C19H18Cl2N2O7S/c20-13-2-1-3-14(21)19(13)31(26,27)22-7-6-18(25)30-11-17(24)23-12-4-5-15-16(10-12)29-9-8-28-15/h1-5,10,22H,6-9,11H2,(H,23,24). The van der Waals surface area contributed by atoms with Gasteiger partial charge in [-0.05, 0) is 24.3 Å². The Balaban J connectivity index is 1.43. The first-order chi connectivity index (χ1) is 14.8. The smallest absolute Gasteiger partial charge is 0.307 e. The molecule has 166 valence electrons. The Bertz CT molecular complexity index is 1070. The summed E-state index contributed by atoms with van der Waals surface area (Å²) in [6.45, 7) is 0.0769. The molecule has 1 amide bonds. The van der Waals surface area contributed by atoms with Gasteiger partial charge in [0.1, 0.15) is 18.1 Å². The summed E-state index contributed by atoms with van der Waals surface area (Å²) in [4.78, 5) is 23.5. The van der Waals surface area contributed by atoms with Crippen LogP contribution in [0.25, 0.3) is 0 Å². The van der Waals surface area contributed by atoms with Crippen LogP contribution >= 0.6 is 23.2 Å². The highest BCUT2D eigenvalue weighted by atomic mass is 35.5. The molecule has 2 aromatic carbocycles. The summed E-state index contributed by atoms with van der Waals surface area (Å²) in [5, 5.41) is 2.48. The molecular formula is C19H18Cl2N2O7S. The zero-order valence-electron chi connectivity index (χ0n) is 16.0. The fourth-order valence-electron chi connectivity index (χ4n) is 2.64. The summed E-state index contributed by atoms with van der Waals surface area (Å²) in [5.74, 6) is -0.234. The number of halogens is 2. The quantitative estimate of drug-likeness (QED) is 0.547. The van der Waals surface area contributed by atoms with Crippen molar-refractivity contribution in [2.75, 3.05) is 31.7 Å². The molecule has 0 saturated heterocycles. The van der Waals surface area contributed by atoms with Crippen molar-refractivity contribution >= 4 is 50.8 Å². The summed E-state index contributed by atoms with van der Waals surface area (Å²) in [7, 11) is -4.02. The number of sulfonamides is 1. The van der Waals surface area contributed by atoms with Crippen molar-refractivity contribution in [2.45, 2.75) is 11.3 Å². The van der Waals surface area contributed by atoms with Gasteiger partial charge in [0, 0.05) is 18.3 Å². The highest BCUT2D eigenvalue weighted by Gasteiger charge is 2.21. The zero-order chi connectivity index (χ0) is 22.4. The zero-order valence-corrected chi connectivity index (χ0v) is 18.3. The Morgan fingerprint density at radius 2 is 1.71 bits per heavy atom. The molecule has 3 rings (SSSR count). The van der Waals surface area contributed by atoms with Crippen molar-refractivity contribution in [1.82, 2.24) is 4.72 Å². The van der Waals surface area contributed by atoms with Crippen LogP contribution in [0.1, 0.15) is 6.42 Å². The van der Waals surface area contributed by atoms with Crippen LogP contribution in [0.4, 0.5) is 5.69 Å². The van der Waals surface area contributed by atoms with Crippen LogP contribution in [0.2, 0.25) is 10.0 Å². The monoisotopic (exact) mass is 488 g/mol. The van der Waals surface area contributed by atoms with Gasteiger partial charge in [0.05, 0.1) is 16.5 Å². The third kappa shape index (κ3) is 6.23. The lowest BCUT2D eigenvalue weighted by molar-refractivity contribution is -0.147. The maximum atomic E-state index is 12.3. The molecule has 0 fully saturated rings. The molecule has 2 aromatic rings. The summed E-state index contributed by atoms with van der Waals surface area (Å²) >= 11 is 11.8. The first kappa shape index (κ1) is 23.1. The molecule has 1 aliphatic heterocycles. The number of fused-ring (bicyclic) bond motifs is 1. The number of nitrogens with one attached hydrogen (secondary N) is 2. The van der Waals surface area contributed by atoms with Crippen LogP contribution < -0.4 is 19.5 Å². The van der Waals surface area contributed by atoms with E-state index in [2.05, 4.69) is 10.0 Å². The van der Waals surface area contributed by atoms with E-state index < -0.39 is 28.5 Å². The Labute approximate surface area is 188 Å². The van der Waals surface area contributed by atoms with Gasteiger partial charge >= 0.3 is 5.97 Å². The van der Waals surface area contributed by atoms with E-state index in [1.165, 1.54) is 18.2 Å². The number of amides is 1. The summed E-state index contributed by atoms with van der Waals surface area (Å²) in [6.07, 6.45) is -0.293. The lowest BCUT2D eigenvalue weighted by Gasteiger charge is -2.19. The summed E-state index contributed by atoms with van der Waals surface area (Å²) in [6, 6.07) is 9.17. The molecule has 0 atom stereocenters. The molecule has 0 aliphatic carbocycles. The predicted octanol–water partition coefficient (Wildman–Crippen LogP) is 2.61. The molecule has 0 unspecified atom stereocenters. The van der Waals surface area contributed by atoms with Gasteiger partial charge in [0.25, 0.3) is 5.91 Å². The maximum absolute atomic E-state index is 12.3. The lowest BCUT2D eigenvalue weighted by atomic mass is 10.2. The molecule has 1 heterocycles. The van der Waals surface area contributed by atoms with Crippen molar-refractivity contribution in [3.8, 4) is 11.5 Å². The van der Waals surface area contributed by atoms with Gasteiger partial charge in [-0.25, -0.2) is 13.1 Å². The molecule has 0 aromatic heterocycles. The van der Waals surface area contributed by atoms with Crippen molar-refractivity contribution < 1.29 is 32.2 Å². The van der Waals surface area contributed by atoms with Crippen LogP contribution in [-0.4, -0.2) is 46.7 Å². The van der Waals surface area contributed by atoms with Crippen LogP contribution in [-0.2, 0) is 24.3 Å². The Kier molecular flexibility index (Phi) is 7.60. The fraction of sp³-hybridized carbons (Fsp3) is 0.263. The van der Waals surface area contributed by atoms with E-state index in [9.17, 15) is 18.0 Å². The number of carbonyl (C=O) groups excluding carboxylic acids is 2. The van der Waals surface area contributed by atoms with Gasteiger partial charge in [-0.2, -0.15) is 0 Å².